The molecule has 0 aliphatic heterocycles. The Kier molecular flexibility index (Phi) is 4.67. The summed E-state index contributed by atoms with van der Waals surface area (Å²) in [6.07, 6.45) is 1.47. The monoisotopic (exact) mass is 332 g/mol. The van der Waals surface area contributed by atoms with E-state index >= 15 is 0 Å². The molecule has 0 unspecified atom stereocenters. The van der Waals surface area contributed by atoms with Crippen LogP contribution in [0.2, 0.25) is 0 Å². The van der Waals surface area contributed by atoms with Crippen LogP contribution in [0.1, 0.15) is 16.1 Å². The molecule has 3 rings (SSSR count). The largest absolute Gasteiger partial charge is 0.353 e. The summed E-state index contributed by atoms with van der Waals surface area (Å²) in [5, 5.41) is 14.4. The molecule has 0 aliphatic carbocycles. The Balaban J connectivity index is 1.75. The van der Waals surface area contributed by atoms with Crippen LogP contribution in [-0.4, -0.2) is 10.9 Å². The second kappa shape index (κ2) is 7.23. The Morgan fingerprint density at radius 1 is 1.04 bits per heavy atom. The van der Waals surface area contributed by atoms with Crippen LogP contribution in [0.3, 0.4) is 0 Å². The van der Waals surface area contributed by atoms with Crippen molar-refractivity contribution in [2.24, 2.45) is 0 Å². The topological polar surface area (TPSA) is 77.8 Å². The Bertz CT molecular complexity index is 948. The van der Waals surface area contributed by atoms with Crippen LogP contribution >= 0.6 is 0 Å². The molecule has 0 atom stereocenters. The average molecular weight is 332 g/mol. The normalized spacial score (nSPS) is 9.92. The second-order valence-electron chi connectivity index (χ2n) is 5.18. The van der Waals surface area contributed by atoms with E-state index in [2.05, 4.69) is 15.6 Å². The third-order valence-corrected chi connectivity index (χ3v) is 3.42. The average Bonchev–Trinajstić information content (AvgIpc) is 2.64. The standard InChI is InChI=1S/C19H13FN4O/c20-16-3-1-2-4-17(16)23-15-9-10-22-18(11-15)19(25)24-14-7-5-13(12-21)6-8-14/h1-11H,(H,22,23)(H,24,25). The minimum Gasteiger partial charge on any atom is -0.353 e. The number of nitrogens with zero attached hydrogens (tertiary/aromatic N) is 2. The zero-order chi connectivity index (χ0) is 17.6. The van der Waals surface area contributed by atoms with Gasteiger partial charge >= 0.3 is 0 Å². The number of halogens is 1. The predicted molar refractivity (Wildman–Crippen MR) is 93.0 cm³/mol. The van der Waals surface area contributed by atoms with Crippen LogP contribution in [0.25, 0.3) is 0 Å². The molecule has 5 nitrogen and oxygen atoms in total. The van der Waals surface area contributed by atoms with Gasteiger partial charge < -0.3 is 10.6 Å². The van der Waals surface area contributed by atoms with Crippen molar-refractivity contribution in [1.29, 1.82) is 5.26 Å². The molecule has 3 aromatic rings. The molecule has 25 heavy (non-hydrogen) atoms. The molecule has 0 saturated heterocycles. The highest BCUT2D eigenvalue weighted by molar-refractivity contribution is 6.03. The molecule has 1 heterocycles. The summed E-state index contributed by atoms with van der Waals surface area (Å²) >= 11 is 0. The van der Waals surface area contributed by atoms with Gasteiger partial charge in [-0.15, -0.1) is 0 Å². The fraction of sp³-hybridized carbons (Fsp3) is 0. The number of amides is 1. The number of benzene rings is 2. The molecule has 1 aromatic heterocycles. The van der Waals surface area contributed by atoms with Crippen molar-refractivity contribution < 1.29 is 9.18 Å². The van der Waals surface area contributed by atoms with Gasteiger partial charge in [0.1, 0.15) is 11.5 Å². The first-order chi connectivity index (χ1) is 12.2. The molecule has 0 radical (unpaired) electrons. The van der Waals surface area contributed by atoms with Gasteiger partial charge in [0.05, 0.1) is 17.3 Å². The minimum absolute atomic E-state index is 0.186. The van der Waals surface area contributed by atoms with Crippen LogP contribution in [0.4, 0.5) is 21.5 Å². The maximum absolute atomic E-state index is 13.7. The van der Waals surface area contributed by atoms with Crippen molar-refractivity contribution in [2.45, 2.75) is 0 Å². The molecule has 2 N–H and O–H groups in total. The van der Waals surface area contributed by atoms with Crippen molar-refractivity contribution in [2.75, 3.05) is 10.6 Å². The van der Waals surface area contributed by atoms with Crippen molar-refractivity contribution >= 4 is 23.0 Å². The number of nitriles is 1. The van der Waals surface area contributed by atoms with Gasteiger partial charge in [-0.25, -0.2) is 4.39 Å². The van der Waals surface area contributed by atoms with E-state index < -0.39 is 5.91 Å². The summed E-state index contributed by atoms with van der Waals surface area (Å²) in [5.41, 5.74) is 2.11. The highest BCUT2D eigenvalue weighted by Gasteiger charge is 2.09. The van der Waals surface area contributed by atoms with Crippen molar-refractivity contribution in [3.63, 3.8) is 0 Å². The van der Waals surface area contributed by atoms with E-state index in [1.807, 2.05) is 6.07 Å². The van der Waals surface area contributed by atoms with E-state index in [1.165, 1.54) is 18.3 Å². The molecular weight excluding hydrogens is 319 g/mol. The first-order valence-electron chi connectivity index (χ1n) is 7.45. The Morgan fingerprint density at radius 2 is 1.80 bits per heavy atom. The predicted octanol–water partition coefficient (Wildman–Crippen LogP) is 4.09. The number of carbonyl (C=O) groups excluding carboxylic acids is 1. The van der Waals surface area contributed by atoms with Gasteiger partial charge in [-0.3, -0.25) is 9.78 Å². The zero-order valence-electron chi connectivity index (χ0n) is 13.0. The van der Waals surface area contributed by atoms with Crippen LogP contribution in [0.5, 0.6) is 0 Å². The number of pyridine rings is 1. The number of hydrogen-bond donors (Lipinski definition) is 2. The summed E-state index contributed by atoms with van der Waals surface area (Å²) in [7, 11) is 0. The highest BCUT2D eigenvalue weighted by Crippen LogP contribution is 2.20. The van der Waals surface area contributed by atoms with Gasteiger partial charge in [-0.1, -0.05) is 12.1 Å². The molecule has 0 saturated carbocycles. The van der Waals surface area contributed by atoms with E-state index in [0.29, 0.717) is 22.6 Å². The molecule has 0 bridgehead atoms. The van der Waals surface area contributed by atoms with Crippen LogP contribution in [0.15, 0.2) is 66.9 Å². The van der Waals surface area contributed by atoms with Gasteiger partial charge in [0.15, 0.2) is 0 Å². The lowest BCUT2D eigenvalue weighted by Gasteiger charge is -2.09. The lowest BCUT2D eigenvalue weighted by atomic mass is 10.2. The zero-order valence-corrected chi connectivity index (χ0v) is 13.0. The summed E-state index contributed by atoms with van der Waals surface area (Å²) in [6.45, 7) is 0. The summed E-state index contributed by atoms with van der Waals surface area (Å²) in [5.74, 6) is -0.787. The first kappa shape index (κ1) is 16.1. The lowest BCUT2D eigenvalue weighted by Crippen LogP contribution is -2.13. The summed E-state index contributed by atoms with van der Waals surface area (Å²) < 4.78 is 13.7. The maximum atomic E-state index is 13.7. The van der Waals surface area contributed by atoms with Crippen LogP contribution in [-0.2, 0) is 0 Å². The number of aromatic nitrogens is 1. The van der Waals surface area contributed by atoms with Gasteiger partial charge in [0, 0.05) is 17.6 Å². The third-order valence-electron chi connectivity index (χ3n) is 3.42. The SMILES string of the molecule is N#Cc1ccc(NC(=O)c2cc(Nc3ccccc3F)ccn2)cc1. The Morgan fingerprint density at radius 3 is 2.52 bits per heavy atom. The van der Waals surface area contributed by atoms with E-state index in [-0.39, 0.29) is 11.5 Å². The lowest BCUT2D eigenvalue weighted by molar-refractivity contribution is 0.102. The van der Waals surface area contributed by atoms with Gasteiger partial charge in [0.25, 0.3) is 5.91 Å². The molecule has 0 spiro atoms. The molecule has 2 aromatic carbocycles. The van der Waals surface area contributed by atoms with Gasteiger partial charge in [-0.05, 0) is 48.5 Å². The van der Waals surface area contributed by atoms with Gasteiger partial charge in [0.2, 0.25) is 0 Å². The van der Waals surface area contributed by atoms with Crippen LogP contribution in [0, 0.1) is 17.1 Å². The highest BCUT2D eigenvalue weighted by atomic mass is 19.1. The maximum Gasteiger partial charge on any atom is 0.274 e. The molecule has 0 aliphatic rings. The number of carbonyl (C=O) groups is 1. The molecule has 122 valence electrons. The quantitative estimate of drug-likeness (QED) is 0.754. The minimum atomic E-state index is -0.401. The third kappa shape index (κ3) is 3.98. The molecule has 1 amide bonds. The van der Waals surface area contributed by atoms with Crippen molar-refractivity contribution in [3.8, 4) is 6.07 Å². The van der Waals surface area contributed by atoms with Crippen molar-refractivity contribution in [1.82, 2.24) is 4.98 Å². The fourth-order valence-electron chi connectivity index (χ4n) is 2.17. The van der Waals surface area contributed by atoms with Gasteiger partial charge in [-0.2, -0.15) is 5.26 Å². The Labute approximate surface area is 143 Å². The number of para-hydroxylation sites is 1. The summed E-state index contributed by atoms with van der Waals surface area (Å²) in [6, 6.07) is 17.9. The van der Waals surface area contributed by atoms with E-state index in [9.17, 15) is 9.18 Å². The summed E-state index contributed by atoms with van der Waals surface area (Å²) in [4.78, 5) is 16.3. The van der Waals surface area contributed by atoms with Crippen LogP contribution < -0.4 is 10.6 Å². The number of anilines is 3. The van der Waals surface area contributed by atoms with Crippen molar-refractivity contribution in [3.05, 3.63) is 83.9 Å². The number of nitrogens with one attached hydrogen (secondary N) is 2. The smallest absolute Gasteiger partial charge is 0.274 e. The molecule has 0 fully saturated rings. The Hall–Kier alpha value is -3.72. The number of rotatable bonds is 4. The molecular formula is C19H13FN4O. The van der Waals surface area contributed by atoms with E-state index in [4.69, 9.17) is 5.26 Å². The fourth-order valence-corrected chi connectivity index (χ4v) is 2.17. The first-order valence-corrected chi connectivity index (χ1v) is 7.45. The van der Waals surface area contributed by atoms with E-state index in [0.717, 1.165) is 0 Å². The van der Waals surface area contributed by atoms with E-state index in [1.54, 1.807) is 48.5 Å². The number of hydrogen-bond acceptors (Lipinski definition) is 4. The second-order valence-corrected chi connectivity index (χ2v) is 5.18. The molecule has 6 heteroatoms.